The Morgan fingerprint density at radius 3 is 2.67 bits per heavy atom. The Hall–Kier alpha value is -2.14. The smallest absolute Gasteiger partial charge is 0.172 e. The molecule has 0 aliphatic rings. The summed E-state index contributed by atoms with van der Waals surface area (Å²) in [5.41, 5.74) is 2.20. The summed E-state index contributed by atoms with van der Waals surface area (Å²) in [6.45, 7) is 5.29. The molecule has 0 radical (unpaired) electrons. The molecular weight excluding hydrogens is 282 g/mol. The van der Waals surface area contributed by atoms with Gasteiger partial charge >= 0.3 is 0 Å². The fraction of sp³-hybridized carbons (Fsp3) is 0.250. The lowest BCUT2D eigenvalue weighted by atomic mass is 10.2. The van der Waals surface area contributed by atoms with E-state index in [-0.39, 0.29) is 0 Å². The van der Waals surface area contributed by atoms with Crippen LogP contribution in [0.2, 0.25) is 0 Å². The van der Waals surface area contributed by atoms with E-state index in [0.717, 1.165) is 22.7 Å². The summed E-state index contributed by atoms with van der Waals surface area (Å²) < 4.78 is 5.41. The first-order valence-corrected chi connectivity index (χ1v) is 7.28. The average molecular weight is 301 g/mol. The number of hydrogen-bond donors (Lipinski definition) is 2. The number of aryl methyl sites for hydroxylation is 1. The first-order chi connectivity index (χ1) is 10.2. The molecule has 0 aliphatic heterocycles. The van der Waals surface area contributed by atoms with Crippen LogP contribution in [0, 0.1) is 6.92 Å². The van der Waals surface area contributed by atoms with Crippen LogP contribution in [0.3, 0.4) is 0 Å². The van der Waals surface area contributed by atoms with Crippen molar-refractivity contribution < 1.29 is 4.74 Å². The minimum absolute atomic E-state index is 0.561. The van der Waals surface area contributed by atoms with Crippen LogP contribution in [-0.4, -0.2) is 16.7 Å². The van der Waals surface area contributed by atoms with Gasteiger partial charge in [-0.05, 0) is 55.4 Å². The number of benzene rings is 1. The van der Waals surface area contributed by atoms with E-state index < -0.39 is 0 Å². The molecule has 2 aromatic rings. The van der Waals surface area contributed by atoms with E-state index in [9.17, 15) is 0 Å². The fourth-order valence-corrected chi connectivity index (χ4v) is 1.99. The van der Waals surface area contributed by atoms with Gasteiger partial charge in [0.25, 0.3) is 0 Å². The first-order valence-electron chi connectivity index (χ1n) is 6.87. The number of hydrogen-bond acceptors (Lipinski definition) is 3. The lowest BCUT2D eigenvalue weighted by molar-refractivity contribution is 0.340. The van der Waals surface area contributed by atoms with Gasteiger partial charge in [-0.15, -0.1) is 0 Å². The van der Waals surface area contributed by atoms with Crippen molar-refractivity contribution in [2.24, 2.45) is 0 Å². The maximum Gasteiger partial charge on any atom is 0.172 e. The molecule has 1 aromatic heterocycles. The van der Waals surface area contributed by atoms with Crippen LogP contribution < -0.4 is 15.4 Å². The number of ether oxygens (including phenoxy) is 1. The Morgan fingerprint density at radius 2 is 2.00 bits per heavy atom. The van der Waals surface area contributed by atoms with Crippen LogP contribution >= 0.6 is 12.2 Å². The molecule has 110 valence electrons. The number of thiocarbonyl (C=S) groups is 1. The molecule has 0 spiro atoms. The zero-order valence-corrected chi connectivity index (χ0v) is 13.0. The molecule has 21 heavy (non-hydrogen) atoms. The summed E-state index contributed by atoms with van der Waals surface area (Å²) in [6.07, 6.45) is 1.74. The molecule has 2 rings (SSSR count). The summed E-state index contributed by atoms with van der Waals surface area (Å²) in [5.74, 6) is 1.66. The minimum Gasteiger partial charge on any atom is -0.494 e. The number of anilines is 1. The molecule has 0 fully saturated rings. The molecule has 0 bridgehead atoms. The molecule has 1 aromatic carbocycles. The van der Waals surface area contributed by atoms with E-state index in [1.54, 1.807) is 6.20 Å². The Labute approximate surface area is 130 Å². The molecule has 0 saturated heterocycles. The maximum atomic E-state index is 5.41. The molecule has 0 unspecified atom stereocenters. The second-order valence-electron chi connectivity index (χ2n) is 4.55. The van der Waals surface area contributed by atoms with E-state index in [2.05, 4.69) is 15.6 Å². The highest BCUT2D eigenvalue weighted by Crippen LogP contribution is 2.12. The molecule has 1 heterocycles. The molecule has 0 saturated carbocycles. The normalized spacial score (nSPS) is 10.0. The van der Waals surface area contributed by atoms with Gasteiger partial charge in [0.15, 0.2) is 5.11 Å². The van der Waals surface area contributed by atoms with E-state index >= 15 is 0 Å². The SMILES string of the molecule is CCOc1ccc(CNC(=S)Nc2ncccc2C)cc1. The van der Waals surface area contributed by atoms with Gasteiger partial charge in [-0.2, -0.15) is 0 Å². The van der Waals surface area contributed by atoms with Crippen molar-refractivity contribution in [2.75, 3.05) is 11.9 Å². The van der Waals surface area contributed by atoms with E-state index in [0.29, 0.717) is 18.3 Å². The summed E-state index contributed by atoms with van der Waals surface area (Å²) in [4.78, 5) is 4.25. The van der Waals surface area contributed by atoms with Gasteiger partial charge in [0.2, 0.25) is 0 Å². The van der Waals surface area contributed by atoms with Crippen LogP contribution in [0.1, 0.15) is 18.1 Å². The van der Waals surface area contributed by atoms with Crippen molar-refractivity contribution in [3.8, 4) is 5.75 Å². The molecule has 5 heteroatoms. The van der Waals surface area contributed by atoms with E-state index in [1.165, 1.54) is 0 Å². The zero-order valence-electron chi connectivity index (χ0n) is 12.2. The van der Waals surface area contributed by atoms with Gasteiger partial charge in [-0.3, -0.25) is 0 Å². The van der Waals surface area contributed by atoms with Gasteiger partial charge in [-0.25, -0.2) is 4.98 Å². The van der Waals surface area contributed by atoms with Gasteiger partial charge in [0, 0.05) is 12.7 Å². The molecule has 0 atom stereocenters. The second kappa shape index (κ2) is 7.59. The van der Waals surface area contributed by atoms with E-state index in [1.807, 2.05) is 50.2 Å². The number of aromatic nitrogens is 1. The average Bonchev–Trinajstić information content (AvgIpc) is 2.49. The van der Waals surface area contributed by atoms with Gasteiger partial charge in [0.1, 0.15) is 11.6 Å². The molecule has 0 aliphatic carbocycles. The zero-order chi connectivity index (χ0) is 15.1. The highest BCUT2D eigenvalue weighted by molar-refractivity contribution is 7.80. The van der Waals surface area contributed by atoms with Gasteiger partial charge in [-0.1, -0.05) is 18.2 Å². The number of nitrogens with one attached hydrogen (secondary N) is 2. The Kier molecular flexibility index (Phi) is 5.51. The fourth-order valence-electron chi connectivity index (χ4n) is 1.82. The van der Waals surface area contributed by atoms with Crippen LogP contribution in [0.15, 0.2) is 42.6 Å². The number of rotatable bonds is 5. The third-order valence-corrected chi connectivity index (χ3v) is 3.18. The highest BCUT2D eigenvalue weighted by Gasteiger charge is 2.02. The predicted molar refractivity (Wildman–Crippen MR) is 89.6 cm³/mol. The van der Waals surface area contributed by atoms with Crippen LogP contribution in [-0.2, 0) is 6.54 Å². The molecule has 4 nitrogen and oxygen atoms in total. The topological polar surface area (TPSA) is 46.2 Å². The van der Waals surface area contributed by atoms with Crippen molar-refractivity contribution in [1.29, 1.82) is 0 Å². The Morgan fingerprint density at radius 1 is 1.24 bits per heavy atom. The Balaban J connectivity index is 1.85. The number of pyridine rings is 1. The largest absolute Gasteiger partial charge is 0.494 e. The second-order valence-corrected chi connectivity index (χ2v) is 4.96. The quantitative estimate of drug-likeness (QED) is 0.830. The number of nitrogens with zero attached hydrogens (tertiary/aromatic N) is 1. The lowest BCUT2D eigenvalue weighted by Crippen LogP contribution is -2.28. The third kappa shape index (κ3) is 4.72. The van der Waals surface area contributed by atoms with Crippen molar-refractivity contribution in [3.63, 3.8) is 0 Å². The molecular formula is C16H19N3OS. The summed E-state index contributed by atoms with van der Waals surface area (Å²) in [6, 6.07) is 11.8. The standard InChI is InChI=1S/C16H19N3OS/c1-3-20-14-8-6-13(7-9-14)11-18-16(21)19-15-12(2)5-4-10-17-15/h4-10H,3,11H2,1-2H3,(H2,17,18,19,21). The molecule has 0 amide bonds. The van der Waals surface area contributed by atoms with Crippen molar-refractivity contribution >= 4 is 23.1 Å². The molecule has 2 N–H and O–H groups in total. The summed E-state index contributed by atoms with van der Waals surface area (Å²) >= 11 is 5.28. The third-order valence-electron chi connectivity index (χ3n) is 2.93. The van der Waals surface area contributed by atoms with Crippen LogP contribution in [0.5, 0.6) is 5.75 Å². The predicted octanol–water partition coefficient (Wildman–Crippen LogP) is 3.28. The van der Waals surface area contributed by atoms with Crippen LogP contribution in [0.4, 0.5) is 5.82 Å². The van der Waals surface area contributed by atoms with Crippen molar-refractivity contribution in [1.82, 2.24) is 10.3 Å². The van der Waals surface area contributed by atoms with Crippen molar-refractivity contribution in [2.45, 2.75) is 20.4 Å². The highest BCUT2D eigenvalue weighted by atomic mass is 32.1. The van der Waals surface area contributed by atoms with Crippen molar-refractivity contribution in [3.05, 3.63) is 53.7 Å². The Bertz CT molecular complexity index is 599. The van der Waals surface area contributed by atoms with Gasteiger partial charge in [0.05, 0.1) is 6.61 Å². The summed E-state index contributed by atoms with van der Waals surface area (Å²) in [5, 5.41) is 6.82. The van der Waals surface area contributed by atoms with Gasteiger partial charge < -0.3 is 15.4 Å². The first kappa shape index (κ1) is 15.3. The maximum absolute atomic E-state index is 5.41. The monoisotopic (exact) mass is 301 g/mol. The van der Waals surface area contributed by atoms with Crippen LogP contribution in [0.25, 0.3) is 0 Å². The minimum atomic E-state index is 0.561. The summed E-state index contributed by atoms with van der Waals surface area (Å²) in [7, 11) is 0. The van der Waals surface area contributed by atoms with E-state index in [4.69, 9.17) is 17.0 Å². The lowest BCUT2D eigenvalue weighted by Gasteiger charge is -2.11.